The summed E-state index contributed by atoms with van der Waals surface area (Å²) >= 11 is 0. The van der Waals surface area contributed by atoms with Crippen molar-refractivity contribution in [3.05, 3.63) is 34.4 Å². The SMILES string of the molecule is Cc1cc(C)c(C(=O)CN2CCS(=O)CC2)c(C)c1. The van der Waals surface area contributed by atoms with Crippen LogP contribution in [0.1, 0.15) is 27.0 Å². The van der Waals surface area contributed by atoms with E-state index in [0.29, 0.717) is 18.1 Å². The van der Waals surface area contributed by atoms with Crippen molar-refractivity contribution in [3.8, 4) is 0 Å². The van der Waals surface area contributed by atoms with E-state index in [1.54, 1.807) is 0 Å². The lowest BCUT2D eigenvalue weighted by Gasteiger charge is -2.25. The van der Waals surface area contributed by atoms with Gasteiger partial charge in [-0.15, -0.1) is 0 Å². The van der Waals surface area contributed by atoms with E-state index in [4.69, 9.17) is 0 Å². The molecule has 2 rings (SSSR count). The lowest BCUT2D eigenvalue weighted by atomic mass is 9.96. The molecule has 104 valence electrons. The van der Waals surface area contributed by atoms with Gasteiger partial charge in [-0.1, -0.05) is 17.7 Å². The molecular formula is C15H21NO2S. The quantitative estimate of drug-likeness (QED) is 0.793. The van der Waals surface area contributed by atoms with Gasteiger partial charge >= 0.3 is 0 Å². The summed E-state index contributed by atoms with van der Waals surface area (Å²) in [6, 6.07) is 4.12. The number of aryl methyl sites for hydroxylation is 3. The van der Waals surface area contributed by atoms with Gasteiger partial charge in [0.15, 0.2) is 5.78 Å². The Morgan fingerprint density at radius 2 is 1.68 bits per heavy atom. The van der Waals surface area contributed by atoms with E-state index in [-0.39, 0.29) is 5.78 Å². The summed E-state index contributed by atoms with van der Waals surface area (Å²) in [5.41, 5.74) is 4.17. The predicted molar refractivity (Wildman–Crippen MR) is 79.3 cm³/mol. The molecule has 1 aliphatic heterocycles. The van der Waals surface area contributed by atoms with Gasteiger partial charge in [-0.2, -0.15) is 0 Å². The first-order chi connectivity index (χ1) is 8.97. The molecule has 3 nitrogen and oxygen atoms in total. The number of benzene rings is 1. The van der Waals surface area contributed by atoms with E-state index in [0.717, 1.165) is 29.8 Å². The third-order valence-corrected chi connectivity index (χ3v) is 4.87. The van der Waals surface area contributed by atoms with Crippen LogP contribution < -0.4 is 0 Å². The fourth-order valence-electron chi connectivity index (χ4n) is 2.74. The monoisotopic (exact) mass is 279 g/mol. The summed E-state index contributed by atoms with van der Waals surface area (Å²) in [4.78, 5) is 14.5. The first kappa shape index (κ1) is 14.4. The zero-order valence-corrected chi connectivity index (χ0v) is 12.7. The van der Waals surface area contributed by atoms with E-state index >= 15 is 0 Å². The standard InChI is InChI=1S/C15H21NO2S/c1-11-8-12(2)15(13(3)9-11)14(17)10-16-4-6-19(18)7-5-16/h8-9H,4-7,10H2,1-3H3. The van der Waals surface area contributed by atoms with Crippen molar-refractivity contribution in [1.82, 2.24) is 4.90 Å². The van der Waals surface area contributed by atoms with Crippen molar-refractivity contribution < 1.29 is 9.00 Å². The van der Waals surface area contributed by atoms with Crippen LogP contribution in [0.2, 0.25) is 0 Å². The van der Waals surface area contributed by atoms with Crippen LogP contribution in [0.25, 0.3) is 0 Å². The number of rotatable bonds is 3. The van der Waals surface area contributed by atoms with Crippen molar-refractivity contribution in [2.45, 2.75) is 20.8 Å². The Balaban J connectivity index is 2.10. The molecule has 1 aromatic rings. The van der Waals surface area contributed by atoms with Crippen LogP contribution in [0, 0.1) is 20.8 Å². The summed E-state index contributed by atoms with van der Waals surface area (Å²) < 4.78 is 11.3. The third kappa shape index (κ3) is 3.51. The van der Waals surface area contributed by atoms with Gasteiger partial charge in [0.05, 0.1) is 6.54 Å². The summed E-state index contributed by atoms with van der Waals surface area (Å²) in [7, 11) is -0.685. The molecule has 1 aliphatic rings. The predicted octanol–water partition coefficient (Wildman–Crippen LogP) is 1.86. The van der Waals surface area contributed by atoms with E-state index < -0.39 is 10.8 Å². The maximum Gasteiger partial charge on any atom is 0.177 e. The molecule has 0 radical (unpaired) electrons. The van der Waals surface area contributed by atoms with Gasteiger partial charge in [-0.05, 0) is 31.9 Å². The minimum Gasteiger partial charge on any atom is -0.294 e. The molecule has 0 amide bonds. The van der Waals surface area contributed by atoms with Gasteiger partial charge < -0.3 is 0 Å². The zero-order chi connectivity index (χ0) is 14.0. The lowest BCUT2D eigenvalue weighted by molar-refractivity contribution is 0.0935. The van der Waals surface area contributed by atoms with Crippen LogP contribution in [0.4, 0.5) is 0 Å². The molecule has 0 saturated carbocycles. The second-order valence-electron chi connectivity index (χ2n) is 5.32. The summed E-state index contributed by atoms with van der Waals surface area (Å²) in [6.45, 7) is 8.03. The molecule has 0 unspecified atom stereocenters. The molecular weight excluding hydrogens is 258 g/mol. The van der Waals surface area contributed by atoms with Crippen LogP contribution in [-0.4, -0.2) is 46.0 Å². The Bertz CT molecular complexity index is 492. The maximum absolute atomic E-state index is 12.4. The van der Waals surface area contributed by atoms with Gasteiger partial charge in [0.25, 0.3) is 0 Å². The van der Waals surface area contributed by atoms with Crippen molar-refractivity contribution >= 4 is 16.6 Å². The molecule has 0 atom stereocenters. The zero-order valence-electron chi connectivity index (χ0n) is 11.9. The Kier molecular flexibility index (Phi) is 4.53. The van der Waals surface area contributed by atoms with Gasteiger partial charge in [0.1, 0.15) is 0 Å². The largest absolute Gasteiger partial charge is 0.294 e. The molecule has 1 aromatic carbocycles. The van der Waals surface area contributed by atoms with Gasteiger partial charge in [0, 0.05) is 41.0 Å². The smallest absolute Gasteiger partial charge is 0.177 e. The van der Waals surface area contributed by atoms with Crippen LogP contribution in [0.5, 0.6) is 0 Å². The highest BCUT2D eigenvalue weighted by atomic mass is 32.2. The Morgan fingerprint density at radius 3 is 2.21 bits per heavy atom. The van der Waals surface area contributed by atoms with Crippen LogP contribution in [0.3, 0.4) is 0 Å². The minimum absolute atomic E-state index is 0.183. The molecule has 1 heterocycles. The van der Waals surface area contributed by atoms with Crippen molar-refractivity contribution in [2.24, 2.45) is 0 Å². The maximum atomic E-state index is 12.4. The van der Waals surface area contributed by atoms with E-state index in [1.807, 2.05) is 20.8 Å². The molecule has 0 aliphatic carbocycles. The first-order valence-corrected chi connectivity index (χ1v) is 8.14. The average Bonchev–Trinajstić information content (AvgIpc) is 2.30. The Morgan fingerprint density at radius 1 is 1.16 bits per heavy atom. The average molecular weight is 279 g/mol. The number of carbonyl (C=O) groups excluding carboxylic acids is 1. The Labute approximate surface area is 117 Å². The highest BCUT2D eigenvalue weighted by Crippen LogP contribution is 2.17. The number of hydrogen-bond acceptors (Lipinski definition) is 3. The summed E-state index contributed by atoms with van der Waals surface area (Å²) in [5.74, 6) is 1.57. The van der Waals surface area contributed by atoms with Crippen molar-refractivity contribution in [2.75, 3.05) is 31.1 Å². The molecule has 19 heavy (non-hydrogen) atoms. The molecule has 0 aromatic heterocycles. The molecule has 1 saturated heterocycles. The normalized spacial score (nSPS) is 17.6. The molecule has 0 bridgehead atoms. The van der Waals surface area contributed by atoms with Crippen LogP contribution in [-0.2, 0) is 10.8 Å². The minimum atomic E-state index is -0.685. The molecule has 1 fully saturated rings. The third-order valence-electron chi connectivity index (χ3n) is 3.59. The molecule has 4 heteroatoms. The van der Waals surface area contributed by atoms with Crippen LogP contribution >= 0.6 is 0 Å². The fourth-order valence-corrected chi connectivity index (χ4v) is 3.86. The number of carbonyl (C=O) groups is 1. The van der Waals surface area contributed by atoms with Crippen molar-refractivity contribution in [1.29, 1.82) is 0 Å². The Hall–Kier alpha value is -1.00. The van der Waals surface area contributed by atoms with E-state index in [1.165, 1.54) is 5.56 Å². The van der Waals surface area contributed by atoms with Gasteiger partial charge in [0.2, 0.25) is 0 Å². The lowest BCUT2D eigenvalue weighted by Crippen LogP contribution is -2.40. The second-order valence-corrected chi connectivity index (χ2v) is 7.02. The van der Waals surface area contributed by atoms with E-state index in [9.17, 15) is 9.00 Å². The first-order valence-electron chi connectivity index (χ1n) is 6.66. The summed E-state index contributed by atoms with van der Waals surface area (Å²) in [5, 5.41) is 0. The molecule has 0 spiro atoms. The fraction of sp³-hybridized carbons (Fsp3) is 0.533. The van der Waals surface area contributed by atoms with Crippen LogP contribution in [0.15, 0.2) is 12.1 Å². The second kappa shape index (κ2) is 5.97. The van der Waals surface area contributed by atoms with Gasteiger partial charge in [-0.25, -0.2) is 0 Å². The molecule has 0 N–H and O–H groups in total. The number of nitrogens with zero attached hydrogens (tertiary/aromatic N) is 1. The van der Waals surface area contributed by atoms with Crippen molar-refractivity contribution in [3.63, 3.8) is 0 Å². The summed E-state index contributed by atoms with van der Waals surface area (Å²) in [6.07, 6.45) is 0. The highest BCUT2D eigenvalue weighted by Gasteiger charge is 2.20. The number of hydrogen-bond donors (Lipinski definition) is 0. The number of Topliss-reactive ketones (excluding diaryl/α,β-unsaturated/α-hetero) is 1. The number of ketones is 1. The van der Waals surface area contributed by atoms with E-state index in [2.05, 4.69) is 17.0 Å². The highest BCUT2D eigenvalue weighted by molar-refractivity contribution is 7.85. The topological polar surface area (TPSA) is 37.4 Å². The van der Waals surface area contributed by atoms with Gasteiger partial charge in [-0.3, -0.25) is 13.9 Å².